The Morgan fingerprint density at radius 3 is 2.48 bits per heavy atom. The Hall–Kier alpha value is -2.40. The van der Waals surface area contributed by atoms with Crippen LogP contribution in [0.3, 0.4) is 0 Å². The predicted molar refractivity (Wildman–Crippen MR) is 106 cm³/mol. The fourth-order valence-corrected chi connectivity index (χ4v) is 3.09. The molecule has 27 heavy (non-hydrogen) atoms. The van der Waals surface area contributed by atoms with Crippen LogP contribution in [-0.2, 0) is 17.9 Å². The van der Waals surface area contributed by atoms with E-state index in [0.29, 0.717) is 25.6 Å². The minimum absolute atomic E-state index is 0.100. The average Bonchev–Trinajstić information content (AvgIpc) is 2.62. The van der Waals surface area contributed by atoms with Gasteiger partial charge in [0.1, 0.15) is 11.6 Å². The molecule has 0 aromatic heterocycles. The second kappa shape index (κ2) is 9.51. The maximum absolute atomic E-state index is 12.9. The smallest absolute Gasteiger partial charge is 0.234 e. The van der Waals surface area contributed by atoms with Crippen molar-refractivity contribution in [1.82, 2.24) is 10.2 Å². The van der Waals surface area contributed by atoms with E-state index in [9.17, 15) is 14.3 Å². The summed E-state index contributed by atoms with van der Waals surface area (Å²) in [6.07, 6.45) is 0. The van der Waals surface area contributed by atoms with Crippen molar-refractivity contribution < 1.29 is 14.3 Å². The van der Waals surface area contributed by atoms with E-state index < -0.39 is 0 Å². The van der Waals surface area contributed by atoms with Gasteiger partial charge in [-0.05, 0) is 54.3 Å². The third-order valence-corrected chi connectivity index (χ3v) is 4.70. The molecule has 0 radical (unpaired) electrons. The quantitative estimate of drug-likeness (QED) is 0.733. The number of nitrogens with one attached hydrogen (secondary N) is 1. The third-order valence-electron chi connectivity index (χ3n) is 4.70. The summed E-state index contributed by atoms with van der Waals surface area (Å²) in [6.45, 7) is 10.0. The van der Waals surface area contributed by atoms with E-state index in [2.05, 4.69) is 19.2 Å². The lowest BCUT2D eigenvalue weighted by Crippen LogP contribution is -2.36. The topological polar surface area (TPSA) is 52.6 Å². The summed E-state index contributed by atoms with van der Waals surface area (Å²) in [5.74, 6) is 0.248. The number of phenolic OH excluding ortho intramolecular Hbond substituents is 1. The monoisotopic (exact) mass is 372 g/mol. The predicted octanol–water partition coefficient (Wildman–Crippen LogP) is 4.10. The lowest BCUT2D eigenvalue weighted by Gasteiger charge is -2.22. The molecule has 0 spiro atoms. The first-order chi connectivity index (χ1) is 12.8. The van der Waals surface area contributed by atoms with Crippen molar-refractivity contribution in [3.8, 4) is 5.75 Å². The molecule has 0 heterocycles. The molecule has 0 bridgehead atoms. The molecular weight excluding hydrogens is 343 g/mol. The molecule has 0 atom stereocenters. The summed E-state index contributed by atoms with van der Waals surface area (Å²) in [6, 6.07) is 9.91. The molecular formula is C22H29FN2O2. The molecule has 0 fully saturated rings. The molecule has 146 valence electrons. The van der Waals surface area contributed by atoms with Gasteiger partial charge in [0, 0.05) is 18.7 Å². The minimum atomic E-state index is -0.291. The summed E-state index contributed by atoms with van der Waals surface area (Å²) in [4.78, 5) is 14.2. The molecule has 2 rings (SSSR count). The number of aryl methyl sites for hydroxylation is 1. The Labute approximate surface area is 161 Å². The SMILES string of the molecule is CCN(CC(=O)NCc1ccc(F)cc1)Cc1cc(C(C)C)c(C)cc1O. The number of amides is 1. The Kier molecular flexibility index (Phi) is 7.36. The highest BCUT2D eigenvalue weighted by molar-refractivity contribution is 5.78. The third kappa shape index (κ3) is 6.07. The second-order valence-corrected chi connectivity index (χ2v) is 7.20. The summed E-state index contributed by atoms with van der Waals surface area (Å²) in [5, 5.41) is 13.1. The lowest BCUT2D eigenvalue weighted by atomic mass is 9.95. The Morgan fingerprint density at radius 1 is 1.22 bits per heavy atom. The molecule has 0 aliphatic rings. The van der Waals surface area contributed by atoms with E-state index in [1.165, 1.54) is 17.7 Å². The van der Waals surface area contributed by atoms with Crippen LogP contribution in [0.25, 0.3) is 0 Å². The van der Waals surface area contributed by atoms with Gasteiger partial charge in [0.25, 0.3) is 0 Å². The number of hydrogen-bond donors (Lipinski definition) is 2. The normalized spacial score (nSPS) is 11.2. The number of hydrogen-bond acceptors (Lipinski definition) is 3. The molecule has 0 saturated carbocycles. The van der Waals surface area contributed by atoms with Crippen molar-refractivity contribution in [3.05, 3.63) is 64.5 Å². The van der Waals surface area contributed by atoms with Crippen molar-refractivity contribution in [2.75, 3.05) is 13.1 Å². The molecule has 2 aromatic rings. The highest BCUT2D eigenvalue weighted by atomic mass is 19.1. The highest BCUT2D eigenvalue weighted by Crippen LogP contribution is 2.28. The number of likely N-dealkylation sites (N-methyl/N-ethyl adjacent to an activating group) is 1. The number of carbonyl (C=O) groups excluding carboxylic acids is 1. The van der Waals surface area contributed by atoms with Gasteiger partial charge in [0.2, 0.25) is 5.91 Å². The Morgan fingerprint density at radius 2 is 1.89 bits per heavy atom. The van der Waals surface area contributed by atoms with E-state index in [0.717, 1.165) is 16.7 Å². The first kappa shape index (κ1) is 20.9. The van der Waals surface area contributed by atoms with Crippen LogP contribution in [0.4, 0.5) is 4.39 Å². The summed E-state index contributed by atoms with van der Waals surface area (Å²) < 4.78 is 12.9. The van der Waals surface area contributed by atoms with Gasteiger partial charge in [-0.2, -0.15) is 0 Å². The number of phenols is 1. The zero-order valence-corrected chi connectivity index (χ0v) is 16.6. The number of halogens is 1. The Balaban J connectivity index is 1.97. The van der Waals surface area contributed by atoms with E-state index in [-0.39, 0.29) is 24.0 Å². The minimum Gasteiger partial charge on any atom is -0.508 e. The molecule has 2 N–H and O–H groups in total. The number of rotatable bonds is 8. The molecule has 5 heteroatoms. The van der Waals surface area contributed by atoms with Crippen LogP contribution in [0.5, 0.6) is 5.75 Å². The van der Waals surface area contributed by atoms with Crippen LogP contribution >= 0.6 is 0 Å². The van der Waals surface area contributed by atoms with Gasteiger partial charge in [-0.3, -0.25) is 9.69 Å². The summed E-state index contributed by atoms with van der Waals surface area (Å²) in [7, 11) is 0. The number of benzene rings is 2. The van der Waals surface area contributed by atoms with Gasteiger partial charge in [0.15, 0.2) is 0 Å². The first-order valence-corrected chi connectivity index (χ1v) is 9.36. The van der Waals surface area contributed by atoms with Crippen LogP contribution in [0.2, 0.25) is 0 Å². The van der Waals surface area contributed by atoms with E-state index in [1.807, 2.05) is 24.8 Å². The van der Waals surface area contributed by atoms with Crippen molar-refractivity contribution in [1.29, 1.82) is 0 Å². The second-order valence-electron chi connectivity index (χ2n) is 7.20. The highest BCUT2D eigenvalue weighted by Gasteiger charge is 2.14. The van der Waals surface area contributed by atoms with Crippen molar-refractivity contribution in [3.63, 3.8) is 0 Å². The molecule has 0 saturated heterocycles. The maximum atomic E-state index is 12.9. The van der Waals surface area contributed by atoms with Gasteiger partial charge in [-0.25, -0.2) is 4.39 Å². The van der Waals surface area contributed by atoms with Gasteiger partial charge in [0.05, 0.1) is 6.54 Å². The Bertz CT molecular complexity index is 773. The fourth-order valence-electron chi connectivity index (χ4n) is 3.09. The van der Waals surface area contributed by atoms with Crippen molar-refractivity contribution in [2.24, 2.45) is 0 Å². The largest absolute Gasteiger partial charge is 0.508 e. The molecule has 0 aliphatic carbocycles. The number of aromatic hydroxyl groups is 1. The van der Waals surface area contributed by atoms with Gasteiger partial charge < -0.3 is 10.4 Å². The molecule has 2 aromatic carbocycles. The zero-order valence-electron chi connectivity index (χ0n) is 16.6. The lowest BCUT2D eigenvalue weighted by molar-refractivity contribution is -0.122. The van der Waals surface area contributed by atoms with Gasteiger partial charge in [-0.1, -0.05) is 39.0 Å². The van der Waals surface area contributed by atoms with Crippen molar-refractivity contribution in [2.45, 2.75) is 46.7 Å². The molecule has 0 unspecified atom stereocenters. The summed E-state index contributed by atoms with van der Waals surface area (Å²) >= 11 is 0. The first-order valence-electron chi connectivity index (χ1n) is 9.36. The van der Waals surface area contributed by atoms with Crippen LogP contribution in [0.15, 0.2) is 36.4 Å². The van der Waals surface area contributed by atoms with Crippen LogP contribution < -0.4 is 5.32 Å². The summed E-state index contributed by atoms with van der Waals surface area (Å²) in [5.41, 5.74) is 3.97. The van der Waals surface area contributed by atoms with Crippen LogP contribution in [0, 0.1) is 12.7 Å². The zero-order chi connectivity index (χ0) is 20.0. The van der Waals surface area contributed by atoms with E-state index in [4.69, 9.17) is 0 Å². The maximum Gasteiger partial charge on any atom is 0.234 e. The van der Waals surface area contributed by atoms with Gasteiger partial charge >= 0.3 is 0 Å². The van der Waals surface area contributed by atoms with E-state index >= 15 is 0 Å². The number of nitrogens with zero attached hydrogens (tertiary/aromatic N) is 1. The average molecular weight is 372 g/mol. The standard InChI is InChI=1S/C22H29FN2O2/c1-5-25(13-18-11-20(15(2)3)16(4)10-21(18)26)14-22(27)24-12-17-6-8-19(23)9-7-17/h6-11,15,26H,5,12-14H2,1-4H3,(H,24,27). The molecule has 1 amide bonds. The van der Waals surface area contributed by atoms with Gasteiger partial charge in [-0.15, -0.1) is 0 Å². The molecule has 0 aliphatic heterocycles. The van der Waals surface area contributed by atoms with E-state index in [1.54, 1.807) is 18.2 Å². The fraction of sp³-hybridized carbons (Fsp3) is 0.409. The van der Waals surface area contributed by atoms with Crippen molar-refractivity contribution >= 4 is 5.91 Å². The van der Waals surface area contributed by atoms with Crippen LogP contribution in [0.1, 0.15) is 48.9 Å². The number of carbonyl (C=O) groups is 1. The van der Waals surface area contributed by atoms with Crippen LogP contribution in [-0.4, -0.2) is 29.0 Å². The molecule has 4 nitrogen and oxygen atoms in total.